The first kappa shape index (κ1) is 43.5. The van der Waals surface area contributed by atoms with Crippen LogP contribution in [-0.2, 0) is 8.85 Å². The van der Waals surface area contributed by atoms with E-state index in [9.17, 15) is 0 Å². The highest BCUT2D eigenvalue weighted by molar-refractivity contribution is 8.02. The Morgan fingerprint density at radius 1 is 0.512 bits per heavy atom. The molecule has 2 unspecified atom stereocenters. The minimum atomic E-state index is -1.65. The fourth-order valence-corrected chi connectivity index (χ4v) is 12.0. The fraction of sp³-hybridized carbons (Fsp3) is 1.00. The molecule has 0 amide bonds. The molecule has 0 aliphatic rings. The van der Waals surface area contributed by atoms with Crippen LogP contribution in [0.4, 0.5) is 0 Å². The summed E-state index contributed by atoms with van der Waals surface area (Å²) in [5.41, 5.74) is 0. The van der Waals surface area contributed by atoms with Gasteiger partial charge in [0.05, 0.1) is 12.3 Å². The summed E-state index contributed by atoms with van der Waals surface area (Å²) in [7, 11) is 0.558. The zero-order chi connectivity index (χ0) is 33.5. The maximum atomic E-state index is 6.04. The first-order valence-electron chi connectivity index (χ1n) is 17.8. The van der Waals surface area contributed by atoms with Gasteiger partial charge in [-0.05, 0) is 117 Å². The van der Waals surface area contributed by atoms with E-state index in [-0.39, 0.29) is 9.49 Å². The number of thioether (sulfide) groups is 1. The molecular formula is C34H78N4O2SSi2. The largest absolute Gasteiger partial charge is 0.420 e. The summed E-state index contributed by atoms with van der Waals surface area (Å²) in [6.07, 6.45) is 5.60. The summed E-state index contributed by atoms with van der Waals surface area (Å²) in [5, 5.41) is 0. The molecule has 0 aliphatic heterocycles. The molecule has 0 spiro atoms. The van der Waals surface area contributed by atoms with Crippen LogP contribution in [0.5, 0.6) is 0 Å². The summed E-state index contributed by atoms with van der Waals surface area (Å²) < 4.78 is 12.2. The monoisotopic (exact) mass is 663 g/mol. The molecule has 43 heavy (non-hydrogen) atoms. The van der Waals surface area contributed by atoms with Crippen LogP contribution in [0.25, 0.3) is 0 Å². The van der Waals surface area contributed by atoms with Crippen molar-refractivity contribution < 1.29 is 8.85 Å². The molecule has 6 nitrogen and oxygen atoms in total. The van der Waals surface area contributed by atoms with Crippen molar-refractivity contribution >= 4 is 28.4 Å². The highest BCUT2D eigenvalue weighted by atomic mass is 32.2. The molecule has 0 aromatic heterocycles. The van der Waals surface area contributed by atoms with E-state index in [0.29, 0.717) is 12.3 Å². The van der Waals surface area contributed by atoms with Gasteiger partial charge >= 0.3 is 0 Å². The van der Waals surface area contributed by atoms with E-state index in [1.165, 1.54) is 37.8 Å². The van der Waals surface area contributed by atoms with Gasteiger partial charge in [-0.2, -0.15) is 0 Å². The first-order chi connectivity index (χ1) is 20.1. The molecule has 0 rings (SSSR count). The normalized spacial score (nSPS) is 16.3. The van der Waals surface area contributed by atoms with E-state index in [4.69, 9.17) is 8.85 Å². The van der Waals surface area contributed by atoms with Crippen LogP contribution in [0.2, 0.25) is 38.3 Å². The summed E-state index contributed by atoms with van der Waals surface area (Å²) in [6, 6.07) is 2.42. The van der Waals surface area contributed by atoms with Crippen LogP contribution in [0.3, 0.4) is 0 Å². The van der Waals surface area contributed by atoms with E-state index in [1.807, 2.05) is 14.2 Å². The van der Waals surface area contributed by atoms with Crippen LogP contribution in [0.1, 0.15) is 94.9 Å². The number of rotatable bonds is 26. The predicted octanol–water partition coefficient (Wildman–Crippen LogP) is 8.52. The zero-order valence-electron chi connectivity index (χ0n) is 32.1. The van der Waals surface area contributed by atoms with Crippen LogP contribution in [0.15, 0.2) is 0 Å². The predicted molar refractivity (Wildman–Crippen MR) is 201 cm³/mol. The van der Waals surface area contributed by atoms with Gasteiger partial charge in [-0.3, -0.25) is 19.6 Å². The van der Waals surface area contributed by atoms with Gasteiger partial charge in [0.25, 0.3) is 0 Å². The number of nitrogens with zero attached hydrogens (tertiary/aromatic N) is 4. The third-order valence-corrected chi connectivity index (χ3v) is 17.3. The smallest absolute Gasteiger partial charge is 0.186 e. The van der Waals surface area contributed by atoms with Gasteiger partial charge in [-0.15, -0.1) is 11.8 Å². The zero-order valence-corrected chi connectivity index (χ0v) is 34.9. The highest BCUT2D eigenvalue weighted by Crippen LogP contribution is 2.50. The third-order valence-electron chi connectivity index (χ3n) is 10.2. The molecule has 0 saturated carbocycles. The molecule has 0 N–H and O–H groups in total. The van der Waals surface area contributed by atoms with Gasteiger partial charge in [-0.1, -0.05) is 68.2 Å². The SMILES string of the molecule is CCN(CC)C(N(CC)CC)C(C)(CCC[Si](C)(C)OC)SC(C)(CCC[Si](C)(C)OC)C(N(CC)CC)N(CC)CC. The standard InChI is InChI=1S/C34H78N4O2SSi2/c1-17-35(18-2)31(36(19-3)20-4)33(9,27-25-29-42(13,14)39-11)41-34(10,28-26-30-43(15,16)40-12)32(37(21-5)22-6)38(23-7)24-8/h31-32H,17-30H2,1-16H3. The number of hydrogen-bond donors (Lipinski definition) is 0. The highest BCUT2D eigenvalue weighted by Gasteiger charge is 2.50. The van der Waals surface area contributed by atoms with E-state index >= 15 is 0 Å². The van der Waals surface area contributed by atoms with E-state index in [1.54, 1.807) is 0 Å². The average molecular weight is 663 g/mol. The van der Waals surface area contributed by atoms with Crippen LogP contribution >= 0.6 is 11.8 Å². The first-order valence-corrected chi connectivity index (χ1v) is 24.9. The lowest BCUT2D eigenvalue weighted by molar-refractivity contribution is 0.0174. The molecule has 2 atom stereocenters. The van der Waals surface area contributed by atoms with Crippen molar-refractivity contribution in [1.29, 1.82) is 0 Å². The minimum absolute atomic E-state index is 0.0533. The molecule has 260 valence electrons. The molecule has 0 aromatic carbocycles. The molecule has 0 radical (unpaired) electrons. The molecule has 0 saturated heterocycles. The van der Waals surface area contributed by atoms with Crippen molar-refractivity contribution in [2.45, 2.75) is 155 Å². The van der Waals surface area contributed by atoms with Crippen molar-refractivity contribution in [3.05, 3.63) is 0 Å². The molecule has 0 aliphatic carbocycles. The van der Waals surface area contributed by atoms with Gasteiger partial charge in [0, 0.05) is 23.7 Å². The maximum Gasteiger partial charge on any atom is 0.186 e. The Balaban J connectivity index is 7.26. The van der Waals surface area contributed by atoms with Gasteiger partial charge in [-0.25, -0.2) is 0 Å². The van der Waals surface area contributed by atoms with Crippen molar-refractivity contribution in [2.24, 2.45) is 0 Å². The van der Waals surface area contributed by atoms with Crippen LogP contribution in [0, 0.1) is 0 Å². The molecule has 9 heteroatoms. The minimum Gasteiger partial charge on any atom is -0.420 e. The lowest BCUT2D eigenvalue weighted by atomic mass is 9.96. The molecule has 0 aromatic rings. The van der Waals surface area contributed by atoms with Gasteiger partial charge < -0.3 is 8.85 Å². The van der Waals surface area contributed by atoms with Gasteiger partial charge in [0.15, 0.2) is 16.6 Å². The quantitative estimate of drug-likeness (QED) is 0.0678. The fourth-order valence-electron chi connectivity index (χ4n) is 7.22. The van der Waals surface area contributed by atoms with Crippen molar-refractivity contribution in [2.75, 3.05) is 66.6 Å². The lowest BCUT2D eigenvalue weighted by Crippen LogP contribution is -2.64. The average Bonchev–Trinajstić information content (AvgIpc) is 2.97. The molecular weight excluding hydrogens is 585 g/mol. The second-order valence-corrected chi connectivity index (χ2v) is 24.9. The van der Waals surface area contributed by atoms with E-state index in [2.05, 4.69) is 127 Å². The van der Waals surface area contributed by atoms with Crippen molar-refractivity contribution in [3.8, 4) is 0 Å². The summed E-state index contributed by atoms with van der Waals surface area (Å²) in [4.78, 5) is 11.0. The van der Waals surface area contributed by atoms with Gasteiger partial charge in [0.2, 0.25) is 0 Å². The second kappa shape index (κ2) is 20.7. The van der Waals surface area contributed by atoms with Crippen molar-refractivity contribution in [1.82, 2.24) is 19.6 Å². The van der Waals surface area contributed by atoms with Crippen molar-refractivity contribution in [3.63, 3.8) is 0 Å². The van der Waals surface area contributed by atoms with E-state index < -0.39 is 16.6 Å². The summed E-state index contributed by atoms with van der Waals surface area (Å²) in [6.45, 7) is 42.3. The lowest BCUT2D eigenvalue weighted by Gasteiger charge is -2.56. The Hall–Kier alpha value is 0.544. The van der Waals surface area contributed by atoms with Crippen LogP contribution in [-0.4, -0.2) is 125 Å². The summed E-state index contributed by atoms with van der Waals surface area (Å²) in [5.74, 6) is 0. The van der Waals surface area contributed by atoms with Crippen LogP contribution < -0.4 is 0 Å². The van der Waals surface area contributed by atoms with Gasteiger partial charge in [0.1, 0.15) is 0 Å². The molecule has 0 fully saturated rings. The summed E-state index contributed by atoms with van der Waals surface area (Å²) >= 11 is 2.35. The topological polar surface area (TPSA) is 31.4 Å². The maximum absolute atomic E-state index is 6.04. The Morgan fingerprint density at radius 2 is 0.744 bits per heavy atom. The Kier molecular flexibility index (Phi) is 21.0. The van der Waals surface area contributed by atoms with E-state index in [0.717, 1.165) is 52.4 Å². The Labute approximate surface area is 277 Å². The Morgan fingerprint density at radius 3 is 0.930 bits per heavy atom. The molecule has 0 bridgehead atoms. The third kappa shape index (κ3) is 13.3. The Bertz CT molecular complexity index is 637. The second-order valence-electron chi connectivity index (χ2n) is 14.0. The molecule has 0 heterocycles. The number of hydrogen-bond acceptors (Lipinski definition) is 7.